The first kappa shape index (κ1) is 17.2. The Morgan fingerprint density at radius 3 is 2.85 bits per heavy atom. The maximum absolute atomic E-state index is 9.16. The van der Waals surface area contributed by atoms with Gasteiger partial charge in [-0.05, 0) is 50.8 Å². The predicted octanol–water partition coefficient (Wildman–Crippen LogP) is 2.95. The van der Waals surface area contributed by atoms with Crippen molar-refractivity contribution in [1.82, 2.24) is 14.9 Å². The highest BCUT2D eigenvalue weighted by Crippen LogP contribution is 2.29. The molecule has 2 aromatic rings. The van der Waals surface area contributed by atoms with E-state index in [-0.39, 0.29) is 0 Å². The maximum Gasteiger partial charge on any atom is 0.137 e. The lowest BCUT2D eigenvalue weighted by Crippen LogP contribution is -2.51. The number of nitrogens with one attached hydrogen (secondary N) is 1. The summed E-state index contributed by atoms with van der Waals surface area (Å²) in [5, 5.41) is 13.7. The molecule has 0 radical (unpaired) electrons. The summed E-state index contributed by atoms with van der Waals surface area (Å²) in [4.78, 5) is 11.4. The summed E-state index contributed by atoms with van der Waals surface area (Å²) in [5.74, 6) is 0.843. The van der Waals surface area contributed by atoms with Gasteiger partial charge in [-0.25, -0.2) is 9.97 Å². The fourth-order valence-electron chi connectivity index (χ4n) is 4.27. The molecule has 6 heteroatoms. The molecule has 0 unspecified atom stereocenters. The number of ether oxygens (including phenoxy) is 1. The number of hydrogen-bond acceptors (Lipinski definition) is 6. The van der Waals surface area contributed by atoms with E-state index in [1.807, 2.05) is 12.1 Å². The molecule has 1 N–H and O–H groups in total. The van der Waals surface area contributed by atoms with Gasteiger partial charge in [0, 0.05) is 30.1 Å². The quantitative estimate of drug-likeness (QED) is 0.916. The van der Waals surface area contributed by atoms with E-state index < -0.39 is 0 Å². The Morgan fingerprint density at radius 2 is 2.08 bits per heavy atom. The Morgan fingerprint density at radius 1 is 1.23 bits per heavy atom. The van der Waals surface area contributed by atoms with Gasteiger partial charge < -0.3 is 10.1 Å². The van der Waals surface area contributed by atoms with Crippen LogP contribution in [0.4, 0.5) is 5.82 Å². The normalized spacial score (nSPS) is 27.2. The third-order valence-corrected chi connectivity index (χ3v) is 5.69. The van der Waals surface area contributed by atoms with Gasteiger partial charge in [0.25, 0.3) is 0 Å². The Hall–Kier alpha value is -2.23. The van der Waals surface area contributed by atoms with Gasteiger partial charge in [-0.15, -0.1) is 0 Å². The molecule has 2 heterocycles. The minimum absolute atomic E-state index is 0.423. The fraction of sp³-hybridized carbons (Fsp3) is 0.550. The lowest BCUT2D eigenvalue weighted by atomic mass is 9.89. The molecule has 1 aromatic carbocycles. The van der Waals surface area contributed by atoms with Crippen LogP contribution in [0.1, 0.15) is 38.2 Å². The van der Waals surface area contributed by atoms with E-state index in [0.717, 1.165) is 49.3 Å². The minimum Gasteiger partial charge on any atom is -0.379 e. The molecule has 6 nitrogen and oxygen atoms in total. The van der Waals surface area contributed by atoms with Crippen LogP contribution in [0.2, 0.25) is 0 Å². The highest BCUT2D eigenvalue weighted by atomic mass is 16.5. The fourth-order valence-corrected chi connectivity index (χ4v) is 4.27. The SMILES string of the molecule is C[C@H]1COCCN1C1CCC(Nc2ncnc3ccc(C#N)cc23)CC1. The van der Waals surface area contributed by atoms with Gasteiger partial charge in [-0.2, -0.15) is 5.26 Å². The van der Waals surface area contributed by atoms with E-state index in [0.29, 0.717) is 23.7 Å². The van der Waals surface area contributed by atoms with Crippen LogP contribution >= 0.6 is 0 Å². The summed E-state index contributed by atoms with van der Waals surface area (Å²) >= 11 is 0. The molecule has 1 aliphatic carbocycles. The molecule has 4 rings (SSSR count). The number of nitrogens with zero attached hydrogens (tertiary/aromatic N) is 4. The maximum atomic E-state index is 9.16. The first-order valence-corrected chi connectivity index (χ1v) is 9.49. The van der Waals surface area contributed by atoms with Crippen LogP contribution in [0, 0.1) is 11.3 Å². The third kappa shape index (κ3) is 3.50. The average molecular weight is 351 g/mol. The van der Waals surface area contributed by atoms with E-state index >= 15 is 0 Å². The Labute approximate surface area is 154 Å². The standard InChI is InChI=1S/C20H25N5O/c1-14-12-26-9-8-25(14)17-5-3-16(4-6-17)24-20-18-10-15(11-21)2-7-19(18)22-13-23-20/h2,7,10,13-14,16-17H,3-6,8-9,12H2,1H3,(H,22,23,24)/t14-,16?,17?/m0/s1. The number of anilines is 1. The molecular formula is C20H25N5O. The molecule has 2 aliphatic rings. The highest BCUT2D eigenvalue weighted by Gasteiger charge is 2.30. The van der Waals surface area contributed by atoms with Crippen LogP contribution in [0.5, 0.6) is 0 Å². The lowest BCUT2D eigenvalue weighted by Gasteiger charge is -2.42. The molecule has 1 atom stereocenters. The van der Waals surface area contributed by atoms with Crippen molar-refractivity contribution < 1.29 is 4.74 Å². The van der Waals surface area contributed by atoms with Crippen molar-refractivity contribution in [3.8, 4) is 6.07 Å². The van der Waals surface area contributed by atoms with Crippen molar-refractivity contribution in [2.24, 2.45) is 0 Å². The molecule has 136 valence electrons. The molecule has 0 spiro atoms. The lowest BCUT2D eigenvalue weighted by molar-refractivity contribution is -0.0296. The van der Waals surface area contributed by atoms with Gasteiger partial charge in [0.2, 0.25) is 0 Å². The van der Waals surface area contributed by atoms with E-state index in [1.165, 1.54) is 12.8 Å². The molecule has 0 amide bonds. The highest BCUT2D eigenvalue weighted by molar-refractivity contribution is 5.89. The first-order chi connectivity index (χ1) is 12.7. The summed E-state index contributed by atoms with van der Waals surface area (Å²) in [6.07, 6.45) is 6.27. The number of fused-ring (bicyclic) bond motifs is 1. The topological polar surface area (TPSA) is 74.1 Å². The second-order valence-electron chi connectivity index (χ2n) is 7.38. The summed E-state index contributed by atoms with van der Waals surface area (Å²) in [7, 11) is 0. The van der Waals surface area contributed by atoms with Crippen LogP contribution in [0.3, 0.4) is 0 Å². The van der Waals surface area contributed by atoms with Gasteiger partial charge in [0.15, 0.2) is 0 Å². The number of morpholine rings is 1. The zero-order valence-electron chi connectivity index (χ0n) is 15.2. The van der Waals surface area contributed by atoms with Crippen molar-refractivity contribution in [3.63, 3.8) is 0 Å². The van der Waals surface area contributed by atoms with E-state index in [9.17, 15) is 0 Å². The van der Waals surface area contributed by atoms with Crippen molar-refractivity contribution >= 4 is 16.7 Å². The molecular weight excluding hydrogens is 326 g/mol. The zero-order chi connectivity index (χ0) is 17.9. The summed E-state index contributed by atoms with van der Waals surface area (Å²) in [5.41, 5.74) is 1.51. The van der Waals surface area contributed by atoms with E-state index in [1.54, 1.807) is 12.4 Å². The van der Waals surface area contributed by atoms with Crippen molar-refractivity contribution in [3.05, 3.63) is 30.1 Å². The predicted molar refractivity (Wildman–Crippen MR) is 101 cm³/mol. The van der Waals surface area contributed by atoms with Crippen LogP contribution in [0.15, 0.2) is 24.5 Å². The largest absolute Gasteiger partial charge is 0.379 e. The number of benzene rings is 1. The van der Waals surface area contributed by atoms with Crippen molar-refractivity contribution in [1.29, 1.82) is 5.26 Å². The number of hydrogen-bond donors (Lipinski definition) is 1. The Balaban J connectivity index is 1.43. The third-order valence-electron chi connectivity index (χ3n) is 5.69. The number of aromatic nitrogens is 2. The van der Waals surface area contributed by atoms with Crippen LogP contribution in [-0.4, -0.2) is 52.8 Å². The molecule has 26 heavy (non-hydrogen) atoms. The van der Waals surface area contributed by atoms with Crippen LogP contribution in [-0.2, 0) is 4.74 Å². The van der Waals surface area contributed by atoms with Gasteiger partial charge in [0.1, 0.15) is 12.1 Å². The van der Waals surface area contributed by atoms with Crippen molar-refractivity contribution in [2.75, 3.05) is 25.1 Å². The van der Waals surface area contributed by atoms with Gasteiger partial charge in [0.05, 0.1) is 30.4 Å². The molecule has 1 saturated carbocycles. The van der Waals surface area contributed by atoms with Gasteiger partial charge in [-0.1, -0.05) is 0 Å². The van der Waals surface area contributed by atoms with Crippen LogP contribution < -0.4 is 5.32 Å². The van der Waals surface area contributed by atoms with E-state index in [4.69, 9.17) is 10.00 Å². The summed E-state index contributed by atoms with van der Waals surface area (Å²) < 4.78 is 5.57. The Kier molecular flexibility index (Phi) is 5.00. The second-order valence-corrected chi connectivity index (χ2v) is 7.38. The van der Waals surface area contributed by atoms with Gasteiger partial charge in [-0.3, -0.25) is 4.90 Å². The monoisotopic (exact) mass is 351 g/mol. The molecule has 1 saturated heterocycles. The van der Waals surface area contributed by atoms with E-state index in [2.05, 4.69) is 33.2 Å². The van der Waals surface area contributed by atoms with Crippen LogP contribution in [0.25, 0.3) is 10.9 Å². The zero-order valence-corrected chi connectivity index (χ0v) is 15.2. The first-order valence-electron chi connectivity index (χ1n) is 9.49. The molecule has 0 bridgehead atoms. The average Bonchev–Trinajstić information content (AvgIpc) is 2.69. The second kappa shape index (κ2) is 7.56. The minimum atomic E-state index is 0.423. The summed E-state index contributed by atoms with van der Waals surface area (Å²) in [6, 6.07) is 9.37. The molecule has 1 aromatic heterocycles. The molecule has 2 fully saturated rings. The number of nitriles is 1. The van der Waals surface area contributed by atoms with Gasteiger partial charge >= 0.3 is 0 Å². The molecule has 1 aliphatic heterocycles. The smallest absolute Gasteiger partial charge is 0.137 e. The number of rotatable bonds is 3. The van der Waals surface area contributed by atoms with Crippen molar-refractivity contribution in [2.45, 2.75) is 50.7 Å². The Bertz CT molecular complexity index is 809. The summed E-state index contributed by atoms with van der Waals surface area (Å²) in [6.45, 7) is 5.03.